The van der Waals surface area contributed by atoms with Crippen molar-refractivity contribution in [2.24, 2.45) is 0 Å². The first kappa shape index (κ1) is 6.64. The lowest BCUT2D eigenvalue weighted by atomic mass is 10.9. The molecule has 0 radical (unpaired) electrons. The summed E-state index contributed by atoms with van der Waals surface area (Å²) in [6, 6.07) is 0. The van der Waals surface area contributed by atoms with Crippen LogP contribution in [0, 0.1) is 0 Å². The maximum absolute atomic E-state index is 8.37. The Morgan fingerprint density at radius 3 is 3.22 bits per heavy atom. The minimum absolute atomic E-state index is 0.160. The lowest BCUT2D eigenvalue weighted by Gasteiger charge is -1.88. The summed E-state index contributed by atoms with van der Waals surface area (Å²) in [6.45, 7) is 0.160. The smallest absolute Gasteiger partial charge is 0.255 e. The Morgan fingerprint density at radius 1 is 1.78 bits per heavy atom. The summed E-state index contributed by atoms with van der Waals surface area (Å²) in [4.78, 5) is 3.84. The van der Waals surface area contributed by atoms with E-state index in [0.717, 1.165) is 0 Å². The van der Waals surface area contributed by atoms with Gasteiger partial charge < -0.3 is 9.52 Å². The first-order valence-electron chi connectivity index (χ1n) is 2.56. The number of aromatic nitrogens is 1. The quantitative estimate of drug-likeness (QED) is 0.638. The molecular formula is C5H7NO2S. The van der Waals surface area contributed by atoms with Gasteiger partial charge in [-0.05, 0) is 0 Å². The van der Waals surface area contributed by atoms with Crippen molar-refractivity contribution in [3.8, 4) is 0 Å². The van der Waals surface area contributed by atoms with Crippen LogP contribution in [0.4, 0.5) is 0 Å². The van der Waals surface area contributed by atoms with Gasteiger partial charge in [0, 0.05) is 5.75 Å². The van der Waals surface area contributed by atoms with E-state index in [-0.39, 0.29) is 6.61 Å². The zero-order valence-corrected chi connectivity index (χ0v) is 5.60. The molecule has 0 unspecified atom stereocenters. The number of aliphatic hydroxyl groups excluding tert-OH is 1. The molecule has 0 aliphatic heterocycles. The first-order chi connectivity index (χ1) is 4.43. The number of hydrogen-bond acceptors (Lipinski definition) is 4. The maximum Gasteiger partial charge on any atom is 0.255 e. The van der Waals surface area contributed by atoms with Gasteiger partial charge in [0.25, 0.3) is 5.22 Å². The molecule has 0 bridgehead atoms. The van der Waals surface area contributed by atoms with Crippen LogP contribution in [0.3, 0.4) is 0 Å². The lowest BCUT2D eigenvalue weighted by molar-refractivity contribution is 0.322. The van der Waals surface area contributed by atoms with Crippen molar-refractivity contribution < 1.29 is 9.52 Å². The van der Waals surface area contributed by atoms with Gasteiger partial charge in [0.1, 0.15) is 6.26 Å². The number of oxazole rings is 1. The van der Waals surface area contributed by atoms with Crippen LogP contribution in [0.1, 0.15) is 0 Å². The highest BCUT2D eigenvalue weighted by molar-refractivity contribution is 7.99. The van der Waals surface area contributed by atoms with Crippen LogP contribution in [-0.4, -0.2) is 22.5 Å². The zero-order chi connectivity index (χ0) is 6.53. The molecule has 1 aromatic heterocycles. The molecule has 1 heterocycles. The minimum Gasteiger partial charge on any atom is -0.440 e. The van der Waals surface area contributed by atoms with E-state index in [1.807, 2.05) is 0 Å². The van der Waals surface area contributed by atoms with Crippen LogP contribution in [0.5, 0.6) is 0 Å². The van der Waals surface area contributed by atoms with Crippen molar-refractivity contribution in [1.82, 2.24) is 4.98 Å². The van der Waals surface area contributed by atoms with E-state index >= 15 is 0 Å². The summed E-state index contributed by atoms with van der Waals surface area (Å²) in [7, 11) is 0. The third kappa shape index (κ3) is 2.07. The number of nitrogens with zero attached hydrogens (tertiary/aromatic N) is 1. The van der Waals surface area contributed by atoms with Gasteiger partial charge in [0.05, 0.1) is 12.8 Å². The Morgan fingerprint density at radius 2 is 2.67 bits per heavy atom. The first-order valence-corrected chi connectivity index (χ1v) is 3.55. The van der Waals surface area contributed by atoms with Gasteiger partial charge in [-0.25, -0.2) is 4.98 Å². The molecule has 1 rings (SSSR count). The summed E-state index contributed by atoms with van der Waals surface area (Å²) in [5.41, 5.74) is 0. The molecule has 0 atom stereocenters. The van der Waals surface area contributed by atoms with Gasteiger partial charge in [0.15, 0.2) is 0 Å². The predicted molar refractivity (Wildman–Crippen MR) is 34.3 cm³/mol. The largest absolute Gasteiger partial charge is 0.440 e. The third-order valence-corrected chi connectivity index (χ3v) is 1.56. The van der Waals surface area contributed by atoms with Crippen molar-refractivity contribution in [1.29, 1.82) is 0 Å². The maximum atomic E-state index is 8.37. The van der Waals surface area contributed by atoms with E-state index in [2.05, 4.69) is 4.98 Å². The molecule has 1 N–H and O–H groups in total. The van der Waals surface area contributed by atoms with E-state index < -0.39 is 0 Å². The lowest BCUT2D eigenvalue weighted by Crippen LogP contribution is -1.84. The molecule has 0 aromatic carbocycles. The molecule has 0 saturated heterocycles. The average molecular weight is 145 g/mol. The monoisotopic (exact) mass is 145 g/mol. The summed E-state index contributed by atoms with van der Waals surface area (Å²) >= 11 is 1.40. The van der Waals surface area contributed by atoms with Gasteiger partial charge in [-0.2, -0.15) is 0 Å². The van der Waals surface area contributed by atoms with E-state index in [4.69, 9.17) is 9.52 Å². The van der Waals surface area contributed by atoms with Crippen LogP contribution < -0.4 is 0 Å². The van der Waals surface area contributed by atoms with Crippen molar-refractivity contribution in [3.05, 3.63) is 12.5 Å². The van der Waals surface area contributed by atoms with E-state index in [0.29, 0.717) is 11.0 Å². The van der Waals surface area contributed by atoms with Crippen LogP contribution in [0.15, 0.2) is 22.1 Å². The number of hydrogen-bond donors (Lipinski definition) is 1. The second-order valence-corrected chi connectivity index (χ2v) is 2.42. The highest BCUT2D eigenvalue weighted by atomic mass is 32.2. The van der Waals surface area contributed by atoms with Gasteiger partial charge in [-0.15, -0.1) is 0 Å². The van der Waals surface area contributed by atoms with Crippen LogP contribution in [-0.2, 0) is 0 Å². The van der Waals surface area contributed by atoms with Crippen molar-refractivity contribution in [2.75, 3.05) is 12.4 Å². The highest BCUT2D eigenvalue weighted by Crippen LogP contribution is 2.12. The molecule has 0 aliphatic carbocycles. The fraction of sp³-hybridized carbons (Fsp3) is 0.400. The molecule has 9 heavy (non-hydrogen) atoms. The van der Waals surface area contributed by atoms with Gasteiger partial charge in [-0.1, -0.05) is 11.8 Å². The summed E-state index contributed by atoms with van der Waals surface area (Å²) in [6.07, 6.45) is 3.10. The Balaban J connectivity index is 2.30. The van der Waals surface area contributed by atoms with Crippen molar-refractivity contribution >= 4 is 11.8 Å². The van der Waals surface area contributed by atoms with Crippen molar-refractivity contribution in [2.45, 2.75) is 5.22 Å². The second-order valence-electron chi connectivity index (χ2n) is 1.37. The van der Waals surface area contributed by atoms with Gasteiger partial charge in [-0.3, -0.25) is 0 Å². The van der Waals surface area contributed by atoms with E-state index in [9.17, 15) is 0 Å². The Bertz CT molecular complexity index is 152. The molecule has 3 nitrogen and oxygen atoms in total. The predicted octanol–water partition coefficient (Wildman–Crippen LogP) is 0.759. The molecule has 0 aliphatic rings. The molecule has 1 aromatic rings. The van der Waals surface area contributed by atoms with E-state index in [1.54, 1.807) is 6.20 Å². The molecule has 0 amide bonds. The number of rotatable bonds is 3. The van der Waals surface area contributed by atoms with Crippen molar-refractivity contribution in [3.63, 3.8) is 0 Å². The summed E-state index contributed by atoms with van der Waals surface area (Å²) in [5.74, 6) is 0.639. The number of aliphatic hydroxyl groups is 1. The van der Waals surface area contributed by atoms with Gasteiger partial charge >= 0.3 is 0 Å². The van der Waals surface area contributed by atoms with Crippen LogP contribution in [0.25, 0.3) is 0 Å². The second kappa shape index (κ2) is 3.53. The normalized spacial score (nSPS) is 9.89. The molecule has 0 saturated carbocycles. The third-order valence-electron chi connectivity index (χ3n) is 0.726. The molecule has 0 spiro atoms. The molecular weight excluding hydrogens is 138 g/mol. The van der Waals surface area contributed by atoms with Crippen LogP contribution >= 0.6 is 11.8 Å². The Kier molecular flexibility index (Phi) is 2.60. The number of thioether (sulfide) groups is 1. The van der Waals surface area contributed by atoms with Gasteiger partial charge in [0.2, 0.25) is 0 Å². The standard InChI is InChI=1S/C5H7NO2S/c7-2-4-9-5-6-1-3-8-5/h1,3,7H,2,4H2. The average Bonchev–Trinajstić information content (AvgIpc) is 2.34. The Hall–Kier alpha value is -0.480. The Labute approximate surface area is 57.1 Å². The summed E-state index contributed by atoms with van der Waals surface area (Å²) < 4.78 is 4.88. The minimum atomic E-state index is 0.160. The molecule has 0 fully saturated rings. The SMILES string of the molecule is OCCSc1ncco1. The van der Waals surface area contributed by atoms with Crippen LogP contribution in [0.2, 0.25) is 0 Å². The zero-order valence-electron chi connectivity index (χ0n) is 4.78. The molecule has 50 valence electrons. The fourth-order valence-corrected chi connectivity index (χ4v) is 0.939. The molecule has 4 heteroatoms. The summed E-state index contributed by atoms with van der Waals surface area (Å²) in [5, 5.41) is 8.99. The highest BCUT2D eigenvalue weighted by Gasteiger charge is 1.94. The topological polar surface area (TPSA) is 46.3 Å². The fourth-order valence-electron chi connectivity index (χ4n) is 0.415. The van der Waals surface area contributed by atoms with E-state index in [1.165, 1.54) is 18.0 Å².